The summed E-state index contributed by atoms with van der Waals surface area (Å²) in [6.07, 6.45) is 1.41. The van der Waals surface area contributed by atoms with Crippen LogP contribution in [0.1, 0.15) is 44.7 Å². The van der Waals surface area contributed by atoms with Crippen LogP contribution in [0.15, 0.2) is 53.4 Å². The highest BCUT2D eigenvalue weighted by Gasteiger charge is 2.29. The Morgan fingerprint density at radius 2 is 1.73 bits per heavy atom. The Morgan fingerprint density at radius 3 is 2.33 bits per heavy atom. The Kier molecular flexibility index (Phi) is 9.73. The number of benzene rings is 2. The predicted octanol–water partition coefficient (Wildman–Crippen LogP) is 5.46. The number of carbonyl (C=O) groups excluding carboxylic acids is 2. The molecule has 0 saturated carbocycles. The van der Waals surface area contributed by atoms with E-state index in [2.05, 4.69) is 5.32 Å². The molecule has 0 saturated heterocycles. The lowest BCUT2D eigenvalue weighted by atomic mass is 10.1. The third-order valence-corrected chi connectivity index (χ3v) is 6.41. The third kappa shape index (κ3) is 7.06. The minimum absolute atomic E-state index is 0.0515. The quantitative estimate of drug-likeness (QED) is 0.493. The third-order valence-electron chi connectivity index (χ3n) is 5.16. The maximum atomic E-state index is 13.3. The first-order valence-electron chi connectivity index (χ1n) is 10.4. The van der Waals surface area contributed by atoms with Crippen LogP contribution in [0.25, 0.3) is 0 Å². The molecule has 0 spiro atoms. The van der Waals surface area contributed by atoms with Gasteiger partial charge in [0.15, 0.2) is 0 Å². The minimum Gasteiger partial charge on any atom is -0.352 e. The lowest BCUT2D eigenvalue weighted by molar-refractivity contribution is -0.139. The van der Waals surface area contributed by atoms with Crippen LogP contribution in [-0.2, 0) is 16.1 Å². The monoisotopic (exact) mass is 446 g/mol. The van der Waals surface area contributed by atoms with Gasteiger partial charge in [0.2, 0.25) is 11.8 Å². The first-order chi connectivity index (χ1) is 14.3. The van der Waals surface area contributed by atoms with Gasteiger partial charge in [-0.2, -0.15) is 0 Å². The van der Waals surface area contributed by atoms with E-state index in [0.717, 1.165) is 22.4 Å². The summed E-state index contributed by atoms with van der Waals surface area (Å²) in [5, 5.41) is 3.71. The average molecular weight is 447 g/mol. The highest BCUT2D eigenvalue weighted by Crippen LogP contribution is 2.23. The number of amides is 2. The Balaban J connectivity index is 2.21. The zero-order valence-corrected chi connectivity index (χ0v) is 19.7. The molecule has 4 nitrogen and oxygen atoms in total. The van der Waals surface area contributed by atoms with E-state index < -0.39 is 6.04 Å². The molecule has 2 rings (SSSR count). The van der Waals surface area contributed by atoms with Crippen LogP contribution >= 0.6 is 23.4 Å². The van der Waals surface area contributed by atoms with Gasteiger partial charge in [0.25, 0.3) is 0 Å². The van der Waals surface area contributed by atoms with E-state index in [-0.39, 0.29) is 23.6 Å². The van der Waals surface area contributed by atoms with Gasteiger partial charge in [0.1, 0.15) is 6.04 Å². The molecule has 2 unspecified atom stereocenters. The van der Waals surface area contributed by atoms with Gasteiger partial charge in [-0.3, -0.25) is 9.59 Å². The number of hydrogen-bond acceptors (Lipinski definition) is 3. The molecule has 30 heavy (non-hydrogen) atoms. The summed E-state index contributed by atoms with van der Waals surface area (Å²) in [7, 11) is 0. The lowest BCUT2D eigenvalue weighted by Crippen LogP contribution is -2.51. The number of thioether (sulfide) groups is 1. The van der Waals surface area contributed by atoms with Gasteiger partial charge < -0.3 is 10.2 Å². The zero-order chi connectivity index (χ0) is 22.1. The number of halogens is 1. The fourth-order valence-electron chi connectivity index (χ4n) is 3.09. The molecular weight excluding hydrogens is 416 g/mol. The highest BCUT2D eigenvalue weighted by molar-refractivity contribution is 8.00. The molecule has 2 amide bonds. The second kappa shape index (κ2) is 12.0. The number of aryl methyl sites for hydroxylation is 1. The minimum atomic E-state index is -0.503. The largest absolute Gasteiger partial charge is 0.352 e. The van der Waals surface area contributed by atoms with E-state index in [1.807, 2.05) is 76.2 Å². The molecule has 6 heteroatoms. The molecule has 2 aromatic rings. The molecule has 0 aliphatic rings. The number of hydrogen-bond donors (Lipinski definition) is 1. The topological polar surface area (TPSA) is 49.4 Å². The van der Waals surface area contributed by atoms with Crippen LogP contribution in [0, 0.1) is 6.92 Å². The van der Waals surface area contributed by atoms with E-state index in [1.54, 1.807) is 4.90 Å². The summed E-state index contributed by atoms with van der Waals surface area (Å²) >= 11 is 7.41. The van der Waals surface area contributed by atoms with Crippen molar-refractivity contribution >= 4 is 35.2 Å². The van der Waals surface area contributed by atoms with Crippen molar-refractivity contribution in [2.75, 3.05) is 5.75 Å². The molecule has 162 valence electrons. The van der Waals surface area contributed by atoms with Gasteiger partial charge in [-0.15, -0.1) is 11.8 Å². The Hall–Kier alpha value is -1.98. The number of carbonyl (C=O) groups is 2. The summed E-state index contributed by atoms with van der Waals surface area (Å²) < 4.78 is 0. The Bertz CT molecular complexity index is 841. The predicted molar refractivity (Wildman–Crippen MR) is 126 cm³/mol. The highest BCUT2D eigenvalue weighted by atomic mass is 35.5. The van der Waals surface area contributed by atoms with Crippen LogP contribution in [0.3, 0.4) is 0 Å². The lowest BCUT2D eigenvalue weighted by Gasteiger charge is -2.32. The maximum absolute atomic E-state index is 13.3. The molecule has 0 fully saturated rings. The molecular formula is C24H31ClN2O2S. The smallest absolute Gasteiger partial charge is 0.243 e. The molecule has 1 N–H and O–H groups in total. The summed E-state index contributed by atoms with van der Waals surface area (Å²) in [5.41, 5.74) is 2.16. The van der Waals surface area contributed by atoms with Crippen molar-refractivity contribution in [1.29, 1.82) is 0 Å². The molecule has 0 bridgehead atoms. The molecule has 0 aliphatic carbocycles. The summed E-state index contributed by atoms with van der Waals surface area (Å²) in [6, 6.07) is 15.0. The van der Waals surface area contributed by atoms with Crippen LogP contribution < -0.4 is 5.32 Å². The first-order valence-corrected chi connectivity index (χ1v) is 11.7. The number of rotatable bonds is 10. The zero-order valence-electron chi connectivity index (χ0n) is 18.2. The van der Waals surface area contributed by atoms with Crippen molar-refractivity contribution in [1.82, 2.24) is 10.2 Å². The summed E-state index contributed by atoms with van der Waals surface area (Å²) in [6.45, 7) is 8.41. The van der Waals surface area contributed by atoms with Crippen molar-refractivity contribution in [2.24, 2.45) is 0 Å². The van der Waals surface area contributed by atoms with Crippen molar-refractivity contribution in [3.8, 4) is 0 Å². The summed E-state index contributed by atoms with van der Waals surface area (Å²) in [5.74, 6) is 0.121. The number of nitrogens with one attached hydrogen (secondary N) is 1. The van der Waals surface area contributed by atoms with Gasteiger partial charge in [0.05, 0.1) is 5.75 Å². The van der Waals surface area contributed by atoms with E-state index in [0.29, 0.717) is 18.0 Å². The fraction of sp³-hybridized carbons (Fsp3) is 0.417. The van der Waals surface area contributed by atoms with Gasteiger partial charge >= 0.3 is 0 Å². The normalized spacial score (nSPS) is 12.8. The van der Waals surface area contributed by atoms with Crippen LogP contribution in [0.5, 0.6) is 0 Å². The SMILES string of the molecule is CCC(C)NC(=O)C(CC)N(Cc1ccccc1C)C(=O)CSc1ccc(Cl)cc1. The standard InChI is InChI=1S/C24H31ClN2O2S/c1-5-18(4)26-24(29)22(6-2)27(15-19-10-8-7-9-17(19)3)23(28)16-30-21-13-11-20(25)12-14-21/h7-14,18,22H,5-6,15-16H2,1-4H3,(H,26,29). The summed E-state index contributed by atoms with van der Waals surface area (Å²) in [4.78, 5) is 28.9. The molecule has 0 aromatic heterocycles. The van der Waals surface area contributed by atoms with E-state index in [9.17, 15) is 9.59 Å². The van der Waals surface area contributed by atoms with Crippen molar-refractivity contribution < 1.29 is 9.59 Å². The Labute approximate surface area is 189 Å². The average Bonchev–Trinajstić information content (AvgIpc) is 2.74. The van der Waals surface area contributed by atoms with Crippen molar-refractivity contribution in [3.05, 3.63) is 64.7 Å². The van der Waals surface area contributed by atoms with Gasteiger partial charge in [0, 0.05) is 22.5 Å². The van der Waals surface area contributed by atoms with E-state index >= 15 is 0 Å². The van der Waals surface area contributed by atoms with Crippen LogP contribution in [-0.4, -0.2) is 34.6 Å². The molecule has 0 heterocycles. The van der Waals surface area contributed by atoms with E-state index in [4.69, 9.17) is 11.6 Å². The maximum Gasteiger partial charge on any atom is 0.243 e. The van der Waals surface area contributed by atoms with E-state index in [1.165, 1.54) is 11.8 Å². The molecule has 2 aromatic carbocycles. The fourth-order valence-corrected chi connectivity index (χ4v) is 4.00. The van der Waals surface area contributed by atoms with Gasteiger partial charge in [-0.1, -0.05) is 49.7 Å². The second-order valence-corrected chi connectivity index (χ2v) is 8.92. The number of nitrogens with zero attached hydrogens (tertiary/aromatic N) is 1. The molecule has 2 atom stereocenters. The Morgan fingerprint density at radius 1 is 1.07 bits per heavy atom. The molecule has 0 aliphatic heterocycles. The first kappa shape index (κ1) is 24.3. The molecule has 0 radical (unpaired) electrons. The van der Waals surface area contributed by atoms with Crippen LogP contribution in [0.2, 0.25) is 5.02 Å². The second-order valence-electron chi connectivity index (χ2n) is 7.43. The van der Waals surface area contributed by atoms with Crippen molar-refractivity contribution in [2.45, 2.75) is 64.1 Å². The van der Waals surface area contributed by atoms with Gasteiger partial charge in [-0.05, 0) is 62.1 Å². The van der Waals surface area contributed by atoms with Crippen LogP contribution in [0.4, 0.5) is 0 Å². The van der Waals surface area contributed by atoms with Crippen molar-refractivity contribution in [3.63, 3.8) is 0 Å². The van der Waals surface area contributed by atoms with Gasteiger partial charge in [-0.25, -0.2) is 0 Å².